The molecular weight excluding hydrogens is 216 g/mol. The zero-order chi connectivity index (χ0) is 12.7. The van der Waals surface area contributed by atoms with Gasteiger partial charge < -0.3 is 15.4 Å². The first-order valence-electron chi connectivity index (χ1n) is 6.68. The van der Waals surface area contributed by atoms with Gasteiger partial charge in [0.1, 0.15) is 0 Å². The molecule has 0 radical (unpaired) electrons. The van der Waals surface area contributed by atoms with Gasteiger partial charge in [-0.25, -0.2) is 0 Å². The van der Waals surface area contributed by atoms with Crippen LogP contribution in [-0.2, 0) is 9.53 Å². The molecule has 0 saturated heterocycles. The van der Waals surface area contributed by atoms with E-state index in [1.165, 1.54) is 19.3 Å². The normalized spacial score (nSPS) is 25.8. The SMILES string of the molecule is COCCCNC(=O)C(C)NC1CCCC1C. The van der Waals surface area contributed by atoms with Crippen LogP contribution in [0.15, 0.2) is 0 Å². The number of hydrogen-bond acceptors (Lipinski definition) is 3. The van der Waals surface area contributed by atoms with E-state index >= 15 is 0 Å². The Morgan fingerprint density at radius 3 is 2.82 bits per heavy atom. The first-order chi connectivity index (χ1) is 8.15. The summed E-state index contributed by atoms with van der Waals surface area (Å²) in [4.78, 5) is 11.8. The van der Waals surface area contributed by atoms with Gasteiger partial charge in [-0.15, -0.1) is 0 Å². The molecule has 1 aliphatic rings. The van der Waals surface area contributed by atoms with Gasteiger partial charge in [-0.05, 0) is 32.1 Å². The quantitative estimate of drug-likeness (QED) is 0.662. The van der Waals surface area contributed by atoms with Gasteiger partial charge in [0.25, 0.3) is 0 Å². The van der Waals surface area contributed by atoms with Crippen LogP contribution in [0.25, 0.3) is 0 Å². The molecule has 0 bridgehead atoms. The molecule has 3 atom stereocenters. The van der Waals surface area contributed by atoms with Crippen molar-refractivity contribution < 1.29 is 9.53 Å². The second-order valence-corrected chi connectivity index (χ2v) is 5.04. The average Bonchev–Trinajstić information content (AvgIpc) is 2.70. The van der Waals surface area contributed by atoms with E-state index in [2.05, 4.69) is 17.6 Å². The fourth-order valence-corrected chi connectivity index (χ4v) is 2.37. The van der Waals surface area contributed by atoms with Gasteiger partial charge in [-0.3, -0.25) is 4.79 Å². The summed E-state index contributed by atoms with van der Waals surface area (Å²) in [7, 11) is 1.67. The number of hydrogen-bond donors (Lipinski definition) is 2. The summed E-state index contributed by atoms with van der Waals surface area (Å²) in [6.07, 6.45) is 4.62. The molecule has 1 saturated carbocycles. The number of rotatable bonds is 7. The summed E-state index contributed by atoms with van der Waals surface area (Å²) in [5.41, 5.74) is 0. The van der Waals surface area contributed by atoms with Crippen LogP contribution in [-0.4, -0.2) is 38.3 Å². The Hall–Kier alpha value is -0.610. The first-order valence-corrected chi connectivity index (χ1v) is 6.68. The number of ether oxygens (including phenoxy) is 1. The lowest BCUT2D eigenvalue weighted by molar-refractivity contribution is -0.123. The molecule has 0 aromatic heterocycles. The standard InChI is InChI=1S/C13H26N2O2/c1-10-6-4-7-12(10)15-11(2)13(16)14-8-5-9-17-3/h10-12,15H,4-9H2,1-3H3,(H,14,16). The van der Waals surface area contributed by atoms with Crippen LogP contribution in [0.4, 0.5) is 0 Å². The largest absolute Gasteiger partial charge is 0.385 e. The highest BCUT2D eigenvalue weighted by atomic mass is 16.5. The highest BCUT2D eigenvalue weighted by molar-refractivity contribution is 5.81. The summed E-state index contributed by atoms with van der Waals surface area (Å²) in [5, 5.41) is 6.35. The lowest BCUT2D eigenvalue weighted by Crippen LogP contribution is -2.47. The van der Waals surface area contributed by atoms with Crippen molar-refractivity contribution in [3.63, 3.8) is 0 Å². The van der Waals surface area contributed by atoms with E-state index in [0.717, 1.165) is 6.42 Å². The third-order valence-corrected chi connectivity index (χ3v) is 3.54. The molecular formula is C13H26N2O2. The minimum absolute atomic E-state index is 0.0944. The zero-order valence-electron chi connectivity index (χ0n) is 11.3. The van der Waals surface area contributed by atoms with Crippen LogP contribution < -0.4 is 10.6 Å². The summed E-state index contributed by atoms with van der Waals surface area (Å²) < 4.78 is 4.94. The Balaban J connectivity index is 2.17. The molecule has 2 N–H and O–H groups in total. The van der Waals surface area contributed by atoms with Crippen LogP contribution in [0.5, 0.6) is 0 Å². The Labute approximate surface area is 104 Å². The van der Waals surface area contributed by atoms with Gasteiger partial charge in [0, 0.05) is 26.3 Å². The Bertz CT molecular complexity index is 233. The molecule has 3 unspecified atom stereocenters. The highest BCUT2D eigenvalue weighted by Gasteiger charge is 2.26. The molecule has 17 heavy (non-hydrogen) atoms. The fraction of sp³-hybridized carbons (Fsp3) is 0.923. The molecule has 0 aliphatic heterocycles. The van der Waals surface area contributed by atoms with Gasteiger partial charge in [0.05, 0.1) is 6.04 Å². The number of carbonyl (C=O) groups is 1. The highest BCUT2D eigenvalue weighted by Crippen LogP contribution is 2.24. The average molecular weight is 242 g/mol. The van der Waals surface area contributed by atoms with Crippen molar-refractivity contribution in [3.05, 3.63) is 0 Å². The Morgan fingerprint density at radius 1 is 1.47 bits per heavy atom. The Morgan fingerprint density at radius 2 is 2.24 bits per heavy atom. The predicted octanol–water partition coefficient (Wildman–Crippen LogP) is 1.31. The van der Waals surface area contributed by atoms with Crippen LogP contribution in [0.2, 0.25) is 0 Å². The van der Waals surface area contributed by atoms with E-state index in [1.54, 1.807) is 7.11 Å². The van der Waals surface area contributed by atoms with Gasteiger partial charge >= 0.3 is 0 Å². The van der Waals surface area contributed by atoms with Gasteiger partial charge in [0.15, 0.2) is 0 Å². The minimum atomic E-state index is -0.0944. The summed E-state index contributed by atoms with van der Waals surface area (Å²) in [6.45, 7) is 5.59. The van der Waals surface area contributed by atoms with Crippen molar-refractivity contribution in [2.75, 3.05) is 20.3 Å². The van der Waals surface area contributed by atoms with E-state index < -0.39 is 0 Å². The van der Waals surface area contributed by atoms with Crippen molar-refractivity contribution in [2.24, 2.45) is 5.92 Å². The van der Waals surface area contributed by atoms with Crippen molar-refractivity contribution in [1.29, 1.82) is 0 Å². The summed E-state index contributed by atoms with van der Waals surface area (Å²) in [6, 6.07) is 0.415. The van der Waals surface area contributed by atoms with Crippen LogP contribution in [0.3, 0.4) is 0 Å². The second kappa shape index (κ2) is 7.67. The summed E-state index contributed by atoms with van der Waals surface area (Å²) in [5.74, 6) is 0.791. The molecule has 1 aliphatic carbocycles. The lowest BCUT2D eigenvalue weighted by atomic mass is 10.1. The number of nitrogens with one attached hydrogen (secondary N) is 2. The molecule has 1 amide bonds. The molecule has 0 aromatic rings. The van der Waals surface area contributed by atoms with Crippen molar-refractivity contribution in [1.82, 2.24) is 10.6 Å². The Kier molecular flexibility index (Phi) is 6.52. The van der Waals surface area contributed by atoms with Gasteiger partial charge in [0.2, 0.25) is 5.91 Å². The van der Waals surface area contributed by atoms with Crippen molar-refractivity contribution in [2.45, 2.75) is 51.6 Å². The lowest BCUT2D eigenvalue weighted by Gasteiger charge is -2.22. The van der Waals surface area contributed by atoms with Crippen LogP contribution in [0.1, 0.15) is 39.5 Å². The molecule has 1 rings (SSSR count). The number of methoxy groups -OCH3 is 1. The molecule has 4 nitrogen and oxygen atoms in total. The zero-order valence-corrected chi connectivity index (χ0v) is 11.3. The molecule has 1 fully saturated rings. The van der Waals surface area contributed by atoms with Crippen molar-refractivity contribution >= 4 is 5.91 Å². The predicted molar refractivity (Wildman–Crippen MR) is 68.9 cm³/mol. The van der Waals surface area contributed by atoms with E-state index in [9.17, 15) is 4.79 Å². The maximum Gasteiger partial charge on any atom is 0.236 e. The molecule has 4 heteroatoms. The van der Waals surface area contributed by atoms with Crippen molar-refractivity contribution in [3.8, 4) is 0 Å². The monoisotopic (exact) mass is 242 g/mol. The second-order valence-electron chi connectivity index (χ2n) is 5.04. The maximum absolute atomic E-state index is 11.8. The molecule has 0 heterocycles. The van der Waals surface area contributed by atoms with E-state index in [0.29, 0.717) is 25.1 Å². The summed E-state index contributed by atoms with van der Waals surface area (Å²) >= 11 is 0. The fourth-order valence-electron chi connectivity index (χ4n) is 2.37. The molecule has 0 aromatic carbocycles. The van der Waals surface area contributed by atoms with Gasteiger partial charge in [-0.1, -0.05) is 13.3 Å². The van der Waals surface area contributed by atoms with Gasteiger partial charge in [-0.2, -0.15) is 0 Å². The number of carbonyl (C=O) groups excluding carboxylic acids is 1. The number of amides is 1. The maximum atomic E-state index is 11.8. The smallest absolute Gasteiger partial charge is 0.236 e. The molecule has 100 valence electrons. The first kappa shape index (κ1) is 14.5. The minimum Gasteiger partial charge on any atom is -0.385 e. The third kappa shape index (κ3) is 5.04. The van der Waals surface area contributed by atoms with Crippen LogP contribution >= 0.6 is 0 Å². The van der Waals surface area contributed by atoms with E-state index in [1.807, 2.05) is 6.92 Å². The topological polar surface area (TPSA) is 50.4 Å². The molecule has 0 spiro atoms. The van der Waals surface area contributed by atoms with Crippen LogP contribution in [0, 0.1) is 5.92 Å². The third-order valence-electron chi connectivity index (χ3n) is 3.54. The van der Waals surface area contributed by atoms with E-state index in [-0.39, 0.29) is 11.9 Å². The van der Waals surface area contributed by atoms with E-state index in [4.69, 9.17) is 4.74 Å².